The van der Waals surface area contributed by atoms with Crippen LogP contribution in [0.1, 0.15) is 0 Å². The molecule has 0 aliphatic carbocycles. The van der Waals surface area contributed by atoms with E-state index >= 15 is 0 Å². The topological polar surface area (TPSA) is 58.4 Å². The van der Waals surface area contributed by atoms with Crippen molar-refractivity contribution >= 4 is 21.4 Å². The molecule has 0 N–H and O–H groups in total. The third kappa shape index (κ3) is 3.05. The van der Waals surface area contributed by atoms with E-state index in [0.29, 0.717) is 0 Å². The number of halogens is 3. The fraction of sp³-hybridized carbons (Fsp3) is 0.357. The van der Waals surface area contributed by atoms with Crippen LogP contribution in [0.5, 0.6) is 0 Å². The fourth-order valence-corrected chi connectivity index (χ4v) is 4.10. The molecule has 0 unspecified atom stereocenters. The van der Waals surface area contributed by atoms with Gasteiger partial charge in [-0.2, -0.15) is 21.6 Å². The molecule has 2 heterocycles. The smallest absolute Gasteiger partial charge is 0.359 e. The highest BCUT2D eigenvalue weighted by atomic mass is 32.2. The summed E-state index contributed by atoms with van der Waals surface area (Å²) in [5, 5.41) is -0.135. The number of fused-ring (bicyclic) bond motifs is 1. The lowest BCUT2D eigenvalue weighted by Gasteiger charge is -2.37. The summed E-state index contributed by atoms with van der Waals surface area (Å²) in [4.78, 5) is 4.99. The van der Waals surface area contributed by atoms with Crippen molar-refractivity contribution in [2.75, 3.05) is 28.8 Å². The zero-order chi connectivity index (χ0) is 17.5. The number of imidazole rings is 1. The SMILES string of the molecule is Cn1cnc(S(=O)(=O)N2CCN(CC(F)(F)F)c3ccccc32)c1. The van der Waals surface area contributed by atoms with Crippen LogP contribution in [0, 0.1) is 0 Å². The maximum atomic E-state index is 12.8. The Kier molecular flexibility index (Phi) is 3.94. The number of hydrogen-bond acceptors (Lipinski definition) is 4. The number of sulfonamides is 1. The van der Waals surface area contributed by atoms with Gasteiger partial charge in [-0.25, -0.2) is 4.98 Å². The Labute approximate surface area is 137 Å². The number of nitrogens with zero attached hydrogens (tertiary/aromatic N) is 4. The van der Waals surface area contributed by atoms with Crippen molar-refractivity contribution in [1.82, 2.24) is 9.55 Å². The first-order valence-corrected chi connectivity index (χ1v) is 8.54. The molecule has 2 aromatic rings. The first kappa shape index (κ1) is 16.6. The third-order valence-corrected chi connectivity index (χ3v) is 5.37. The van der Waals surface area contributed by atoms with Crippen LogP contribution in [-0.2, 0) is 17.1 Å². The summed E-state index contributed by atoms with van der Waals surface area (Å²) >= 11 is 0. The van der Waals surface area contributed by atoms with Gasteiger partial charge in [-0.15, -0.1) is 0 Å². The Balaban J connectivity index is 2.01. The van der Waals surface area contributed by atoms with Crippen molar-refractivity contribution in [2.45, 2.75) is 11.2 Å². The van der Waals surface area contributed by atoms with Crippen LogP contribution in [0.4, 0.5) is 24.5 Å². The summed E-state index contributed by atoms with van der Waals surface area (Å²) in [6.45, 7) is -1.25. The van der Waals surface area contributed by atoms with Gasteiger partial charge < -0.3 is 9.47 Å². The van der Waals surface area contributed by atoms with Crippen LogP contribution in [0.25, 0.3) is 0 Å². The van der Waals surface area contributed by atoms with Gasteiger partial charge in [-0.1, -0.05) is 12.1 Å². The molecule has 24 heavy (non-hydrogen) atoms. The standard InChI is InChI=1S/C14H15F3N4O2S/c1-19-8-13(18-10-19)24(22,23)21-7-6-20(9-14(15,16)17)11-4-2-3-5-12(11)21/h2-5,8,10H,6-7,9H2,1H3. The zero-order valence-corrected chi connectivity index (χ0v) is 13.5. The Hall–Kier alpha value is -2.23. The molecule has 0 radical (unpaired) electrons. The van der Waals surface area contributed by atoms with E-state index in [-0.39, 0.29) is 29.5 Å². The Morgan fingerprint density at radius 2 is 1.83 bits per heavy atom. The van der Waals surface area contributed by atoms with Gasteiger partial charge in [-0.3, -0.25) is 4.31 Å². The lowest BCUT2D eigenvalue weighted by atomic mass is 10.2. The van der Waals surface area contributed by atoms with E-state index < -0.39 is 22.7 Å². The average Bonchev–Trinajstić information content (AvgIpc) is 2.93. The number of benzene rings is 1. The Morgan fingerprint density at radius 1 is 1.17 bits per heavy atom. The van der Waals surface area contributed by atoms with E-state index in [4.69, 9.17) is 0 Å². The van der Waals surface area contributed by atoms with Gasteiger partial charge in [0.25, 0.3) is 10.0 Å². The molecule has 0 spiro atoms. The summed E-state index contributed by atoms with van der Waals surface area (Å²) < 4.78 is 66.4. The fourth-order valence-electron chi connectivity index (χ4n) is 2.66. The molecule has 0 saturated heterocycles. The normalized spacial score (nSPS) is 15.5. The van der Waals surface area contributed by atoms with Crippen LogP contribution >= 0.6 is 0 Å². The second-order valence-corrected chi connectivity index (χ2v) is 7.29. The number of hydrogen-bond donors (Lipinski definition) is 0. The summed E-state index contributed by atoms with van der Waals surface area (Å²) in [6, 6.07) is 6.16. The van der Waals surface area contributed by atoms with Crippen molar-refractivity contribution in [3.05, 3.63) is 36.8 Å². The minimum atomic E-state index is -4.37. The van der Waals surface area contributed by atoms with Crippen molar-refractivity contribution in [3.63, 3.8) is 0 Å². The van der Waals surface area contributed by atoms with Crippen molar-refractivity contribution in [2.24, 2.45) is 7.05 Å². The molecule has 0 amide bonds. The summed E-state index contributed by atoms with van der Waals surface area (Å²) in [6.07, 6.45) is -1.64. The number of para-hydroxylation sites is 2. The van der Waals surface area contributed by atoms with Crippen molar-refractivity contribution in [3.8, 4) is 0 Å². The maximum absolute atomic E-state index is 12.8. The summed E-state index contributed by atoms with van der Waals surface area (Å²) in [5.41, 5.74) is 0.458. The van der Waals surface area contributed by atoms with Crippen LogP contribution in [0.3, 0.4) is 0 Å². The number of aromatic nitrogens is 2. The first-order valence-electron chi connectivity index (χ1n) is 7.10. The predicted octanol–water partition coefficient (Wildman–Crippen LogP) is 2.00. The molecular formula is C14H15F3N4O2S. The molecule has 0 fully saturated rings. The van der Waals surface area contributed by atoms with Crippen LogP contribution in [-0.4, -0.2) is 43.8 Å². The zero-order valence-electron chi connectivity index (χ0n) is 12.7. The molecule has 1 aromatic heterocycles. The van der Waals surface area contributed by atoms with Crippen LogP contribution in [0.2, 0.25) is 0 Å². The minimum Gasteiger partial charge on any atom is -0.359 e. The second kappa shape index (κ2) is 5.69. The predicted molar refractivity (Wildman–Crippen MR) is 82.4 cm³/mol. The lowest BCUT2D eigenvalue weighted by molar-refractivity contribution is -0.119. The van der Waals surface area contributed by atoms with E-state index in [1.54, 1.807) is 19.2 Å². The summed E-state index contributed by atoms with van der Waals surface area (Å²) in [7, 11) is -2.29. The average molecular weight is 360 g/mol. The van der Waals surface area contributed by atoms with Crippen LogP contribution in [0.15, 0.2) is 41.8 Å². The lowest BCUT2D eigenvalue weighted by Crippen LogP contribution is -2.47. The quantitative estimate of drug-likeness (QED) is 0.840. The number of anilines is 2. The molecule has 1 aliphatic rings. The third-order valence-electron chi connectivity index (χ3n) is 3.67. The van der Waals surface area contributed by atoms with Gasteiger partial charge in [0.15, 0.2) is 5.03 Å². The number of aryl methyl sites for hydroxylation is 1. The molecule has 130 valence electrons. The van der Waals surface area contributed by atoms with E-state index in [2.05, 4.69) is 4.98 Å². The molecule has 10 heteroatoms. The van der Waals surface area contributed by atoms with Crippen LogP contribution < -0.4 is 9.21 Å². The Bertz CT molecular complexity index is 848. The molecule has 1 aliphatic heterocycles. The first-order chi connectivity index (χ1) is 11.2. The Morgan fingerprint density at radius 3 is 2.42 bits per heavy atom. The molecule has 3 rings (SSSR count). The van der Waals surface area contributed by atoms with Gasteiger partial charge in [0.1, 0.15) is 6.54 Å². The molecule has 0 atom stereocenters. The highest BCUT2D eigenvalue weighted by Gasteiger charge is 2.37. The number of rotatable bonds is 3. The van der Waals surface area contributed by atoms with Crippen molar-refractivity contribution < 1.29 is 21.6 Å². The van der Waals surface area contributed by atoms with Crippen molar-refractivity contribution in [1.29, 1.82) is 0 Å². The highest BCUT2D eigenvalue weighted by molar-refractivity contribution is 7.92. The number of alkyl halides is 3. The second-order valence-electron chi connectivity index (χ2n) is 5.48. The molecular weight excluding hydrogens is 345 g/mol. The van der Waals surface area contributed by atoms with Gasteiger partial charge in [0.2, 0.25) is 0 Å². The van der Waals surface area contributed by atoms with Gasteiger partial charge >= 0.3 is 6.18 Å². The highest BCUT2D eigenvalue weighted by Crippen LogP contribution is 2.37. The van der Waals surface area contributed by atoms with Gasteiger partial charge in [0, 0.05) is 19.8 Å². The minimum absolute atomic E-state index is 0.0530. The largest absolute Gasteiger partial charge is 0.405 e. The van der Waals surface area contributed by atoms with E-state index in [0.717, 1.165) is 9.21 Å². The van der Waals surface area contributed by atoms with Gasteiger partial charge in [0.05, 0.1) is 24.2 Å². The molecule has 1 aromatic carbocycles. The summed E-state index contributed by atoms with van der Waals surface area (Å²) in [5.74, 6) is 0. The molecule has 0 bridgehead atoms. The monoisotopic (exact) mass is 360 g/mol. The van der Waals surface area contributed by atoms with E-state index in [9.17, 15) is 21.6 Å². The maximum Gasteiger partial charge on any atom is 0.405 e. The van der Waals surface area contributed by atoms with E-state index in [1.165, 1.54) is 29.2 Å². The van der Waals surface area contributed by atoms with E-state index in [1.807, 2.05) is 0 Å². The van der Waals surface area contributed by atoms with Gasteiger partial charge in [-0.05, 0) is 12.1 Å². The molecule has 6 nitrogen and oxygen atoms in total. The molecule has 0 saturated carbocycles.